The van der Waals surface area contributed by atoms with E-state index >= 15 is 0 Å². The minimum absolute atomic E-state index is 0.0271. The van der Waals surface area contributed by atoms with Crippen LogP contribution in [0.15, 0.2) is 18.2 Å². The van der Waals surface area contributed by atoms with Gasteiger partial charge in [0.05, 0.1) is 0 Å². The van der Waals surface area contributed by atoms with Gasteiger partial charge < -0.3 is 15.7 Å². The number of nitrogens with one attached hydrogen (secondary N) is 2. The van der Waals surface area contributed by atoms with Crippen molar-refractivity contribution >= 4 is 17.7 Å². The molecule has 1 aromatic rings. The van der Waals surface area contributed by atoms with Gasteiger partial charge in [-0.05, 0) is 49.5 Å². The van der Waals surface area contributed by atoms with E-state index < -0.39 is 12.1 Å². The summed E-state index contributed by atoms with van der Waals surface area (Å²) in [7, 11) is 0. The highest BCUT2D eigenvalue weighted by Gasteiger charge is 2.38. The average Bonchev–Trinajstić information content (AvgIpc) is 2.90. The summed E-state index contributed by atoms with van der Waals surface area (Å²) in [4.78, 5) is 32.8. The number of hydrogen-bond acceptors (Lipinski definition) is 4. The van der Waals surface area contributed by atoms with E-state index in [0.717, 1.165) is 44.3 Å². The van der Waals surface area contributed by atoms with Crippen molar-refractivity contribution in [3.8, 4) is 0 Å². The van der Waals surface area contributed by atoms with E-state index in [4.69, 9.17) is 9.90 Å². The van der Waals surface area contributed by atoms with Crippen molar-refractivity contribution in [3.05, 3.63) is 34.9 Å². The molecule has 0 atom stereocenters. The highest BCUT2D eigenvalue weighted by atomic mass is 19.4. The zero-order valence-electron chi connectivity index (χ0n) is 16.4. The number of alkyl halides is 3. The molecule has 1 aliphatic heterocycles. The Bertz CT molecular complexity index is 705. The lowest BCUT2D eigenvalue weighted by atomic mass is 9.97. The van der Waals surface area contributed by atoms with Gasteiger partial charge in [0.2, 0.25) is 5.91 Å². The highest BCUT2D eigenvalue weighted by molar-refractivity contribution is 5.98. The van der Waals surface area contributed by atoms with Gasteiger partial charge in [-0.3, -0.25) is 9.59 Å². The Balaban J connectivity index is 0.000000516. The lowest BCUT2D eigenvalue weighted by Gasteiger charge is -2.08. The Kier molecular flexibility index (Phi) is 10.4. The van der Waals surface area contributed by atoms with Gasteiger partial charge in [0, 0.05) is 24.9 Å². The Labute approximate surface area is 167 Å². The summed E-state index contributed by atoms with van der Waals surface area (Å²) in [5.74, 6) is -2.72. The van der Waals surface area contributed by atoms with Crippen molar-refractivity contribution in [2.75, 3.05) is 19.6 Å². The third-order valence-corrected chi connectivity index (χ3v) is 4.34. The summed E-state index contributed by atoms with van der Waals surface area (Å²) in [5.41, 5.74) is 3.34. The van der Waals surface area contributed by atoms with Crippen LogP contribution in [0.25, 0.3) is 0 Å². The lowest BCUT2D eigenvalue weighted by molar-refractivity contribution is -0.192. The van der Waals surface area contributed by atoms with Crippen molar-refractivity contribution in [1.82, 2.24) is 10.6 Å². The monoisotopic (exact) mass is 416 g/mol. The van der Waals surface area contributed by atoms with Gasteiger partial charge in [0.1, 0.15) is 0 Å². The maximum Gasteiger partial charge on any atom is 0.490 e. The molecule has 0 aliphatic carbocycles. The molecule has 6 nitrogen and oxygen atoms in total. The minimum Gasteiger partial charge on any atom is -0.475 e. The first kappa shape index (κ1) is 24.6. The number of Topliss-reactive ketones (excluding diaryl/α,β-unsaturated/α-hetero) is 1. The maximum atomic E-state index is 12.3. The fourth-order valence-corrected chi connectivity index (χ4v) is 2.71. The number of unbranched alkanes of at least 4 members (excludes halogenated alkanes) is 1. The van der Waals surface area contributed by atoms with Crippen molar-refractivity contribution in [2.24, 2.45) is 0 Å². The number of carbonyl (C=O) groups excluding carboxylic acids is 2. The molecule has 0 bridgehead atoms. The fraction of sp³-hybridized carbons (Fsp3) is 0.550. The van der Waals surface area contributed by atoms with Gasteiger partial charge in [-0.1, -0.05) is 25.5 Å². The normalized spacial score (nSPS) is 13.4. The fourth-order valence-electron chi connectivity index (χ4n) is 2.71. The molecule has 162 valence electrons. The first-order valence-corrected chi connectivity index (χ1v) is 9.57. The van der Waals surface area contributed by atoms with Crippen LogP contribution in [0, 0.1) is 0 Å². The van der Waals surface area contributed by atoms with Gasteiger partial charge in [-0.25, -0.2) is 4.79 Å². The number of hydrogen-bond donors (Lipinski definition) is 3. The number of carboxylic acids is 1. The Morgan fingerprint density at radius 3 is 2.31 bits per heavy atom. The van der Waals surface area contributed by atoms with Gasteiger partial charge in [-0.2, -0.15) is 13.2 Å². The molecule has 1 aromatic carbocycles. The maximum absolute atomic E-state index is 12.3. The van der Waals surface area contributed by atoms with Crippen molar-refractivity contribution in [3.63, 3.8) is 0 Å². The van der Waals surface area contributed by atoms with Crippen LogP contribution in [-0.2, 0) is 22.4 Å². The van der Waals surface area contributed by atoms with Gasteiger partial charge in [0.15, 0.2) is 5.78 Å². The van der Waals surface area contributed by atoms with Crippen LogP contribution in [-0.4, -0.2) is 48.6 Å². The number of rotatable bonds is 7. The van der Waals surface area contributed by atoms with E-state index in [9.17, 15) is 22.8 Å². The highest BCUT2D eigenvalue weighted by Crippen LogP contribution is 2.17. The third-order valence-electron chi connectivity index (χ3n) is 4.34. The smallest absolute Gasteiger partial charge is 0.475 e. The predicted octanol–water partition coefficient (Wildman–Crippen LogP) is 2.89. The summed E-state index contributed by atoms with van der Waals surface area (Å²) in [5, 5.41) is 13.3. The van der Waals surface area contributed by atoms with Crippen LogP contribution in [0.2, 0.25) is 0 Å². The van der Waals surface area contributed by atoms with E-state index in [2.05, 4.69) is 23.6 Å². The molecule has 1 amide bonds. The van der Waals surface area contributed by atoms with E-state index in [-0.39, 0.29) is 24.5 Å². The second kappa shape index (κ2) is 12.2. The van der Waals surface area contributed by atoms with Crippen molar-refractivity contribution < 1.29 is 32.7 Å². The summed E-state index contributed by atoms with van der Waals surface area (Å²) >= 11 is 0. The molecular weight excluding hydrogens is 389 g/mol. The largest absolute Gasteiger partial charge is 0.490 e. The molecule has 0 radical (unpaired) electrons. The molecule has 0 fully saturated rings. The molecule has 0 unspecified atom stereocenters. The zero-order valence-corrected chi connectivity index (χ0v) is 16.4. The predicted molar refractivity (Wildman–Crippen MR) is 102 cm³/mol. The molecule has 0 aromatic heterocycles. The first-order valence-electron chi connectivity index (χ1n) is 9.57. The van der Waals surface area contributed by atoms with Gasteiger partial charge >= 0.3 is 12.1 Å². The van der Waals surface area contributed by atoms with Gasteiger partial charge in [-0.15, -0.1) is 0 Å². The van der Waals surface area contributed by atoms with E-state index in [1.54, 1.807) is 0 Å². The van der Waals surface area contributed by atoms with Crippen LogP contribution in [0.3, 0.4) is 0 Å². The third kappa shape index (κ3) is 9.56. The van der Waals surface area contributed by atoms with Crippen molar-refractivity contribution in [2.45, 2.75) is 51.6 Å². The lowest BCUT2D eigenvalue weighted by Crippen LogP contribution is -2.24. The van der Waals surface area contributed by atoms with Crippen LogP contribution in [0.1, 0.15) is 54.1 Å². The number of fused-ring (bicyclic) bond motifs is 1. The van der Waals surface area contributed by atoms with Crippen LogP contribution >= 0.6 is 0 Å². The quantitative estimate of drug-likeness (QED) is 0.469. The van der Waals surface area contributed by atoms with E-state index in [0.29, 0.717) is 6.54 Å². The summed E-state index contributed by atoms with van der Waals surface area (Å²) < 4.78 is 31.7. The molecule has 2 rings (SSSR count). The number of halogens is 3. The number of carboxylic acid groups (broad SMARTS) is 1. The molecule has 0 saturated heterocycles. The zero-order chi connectivity index (χ0) is 21.9. The summed E-state index contributed by atoms with van der Waals surface area (Å²) in [6.07, 6.45) is -0.491. The summed E-state index contributed by atoms with van der Waals surface area (Å²) in [6, 6.07) is 5.98. The van der Waals surface area contributed by atoms with Crippen LogP contribution in [0.5, 0.6) is 0 Å². The Hall–Kier alpha value is -2.42. The Morgan fingerprint density at radius 1 is 1.10 bits per heavy atom. The molecule has 9 heteroatoms. The SMILES string of the molecule is CCCCNC(=O)CCC(=O)c1ccc2c(c1)CCNCC2.O=C(O)C(F)(F)F. The van der Waals surface area contributed by atoms with Crippen molar-refractivity contribution in [1.29, 1.82) is 0 Å². The second-order valence-electron chi connectivity index (χ2n) is 6.66. The van der Waals surface area contributed by atoms with Crippen LogP contribution in [0.4, 0.5) is 13.2 Å². The topological polar surface area (TPSA) is 95.5 Å². The number of amides is 1. The molecule has 3 N–H and O–H groups in total. The van der Waals surface area contributed by atoms with Gasteiger partial charge in [0.25, 0.3) is 0 Å². The molecule has 1 heterocycles. The number of ketones is 1. The number of aliphatic carboxylic acids is 1. The van der Waals surface area contributed by atoms with E-state index in [1.807, 2.05) is 12.1 Å². The molecule has 0 saturated carbocycles. The number of benzene rings is 1. The van der Waals surface area contributed by atoms with E-state index in [1.165, 1.54) is 11.1 Å². The average molecular weight is 416 g/mol. The number of carbonyl (C=O) groups is 3. The standard InChI is InChI=1S/C18H26N2O2.C2HF3O2/c1-2-3-10-20-18(22)7-6-17(21)16-5-4-14-8-11-19-12-9-15(14)13-16;3-2(4,5)1(6)7/h4-5,13,19H,2-3,6-12H2,1H3,(H,20,22);(H,6,7). The molecule has 0 spiro atoms. The molecule has 29 heavy (non-hydrogen) atoms. The minimum atomic E-state index is -5.08. The molecule has 1 aliphatic rings. The Morgan fingerprint density at radius 2 is 1.72 bits per heavy atom. The molecular formula is C20H27F3N2O4. The first-order chi connectivity index (χ1) is 13.6. The second-order valence-corrected chi connectivity index (χ2v) is 6.66. The summed E-state index contributed by atoms with van der Waals surface area (Å²) in [6.45, 7) is 4.75. The van der Waals surface area contributed by atoms with Crippen LogP contribution < -0.4 is 10.6 Å².